The molecular formula is C11H25N3O2. The van der Waals surface area contributed by atoms with Gasteiger partial charge in [0.05, 0.1) is 0 Å². The summed E-state index contributed by atoms with van der Waals surface area (Å²) in [6, 6.07) is 0. The average molecular weight is 231 g/mol. The largest absolute Gasteiger partial charge is 0.480 e. The third kappa shape index (κ3) is 6.76. The quantitative estimate of drug-likeness (QED) is 0.618. The zero-order chi connectivity index (χ0) is 12.8. The van der Waals surface area contributed by atoms with Gasteiger partial charge in [-0.1, -0.05) is 0 Å². The second-order valence-corrected chi connectivity index (χ2v) is 4.93. The van der Waals surface area contributed by atoms with Crippen LogP contribution in [0.4, 0.5) is 0 Å². The molecule has 0 rings (SSSR count). The van der Waals surface area contributed by atoms with Crippen molar-refractivity contribution >= 4 is 5.97 Å². The summed E-state index contributed by atoms with van der Waals surface area (Å²) in [5.41, 5.74) is 4.54. The van der Waals surface area contributed by atoms with Crippen LogP contribution in [0, 0.1) is 0 Å². The molecule has 0 fully saturated rings. The van der Waals surface area contributed by atoms with Crippen LogP contribution < -0.4 is 5.73 Å². The fourth-order valence-corrected chi connectivity index (χ4v) is 1.30. The maximum Gasteiger partial charge on any atom is 0.323 e. The monoisotopic (exact) mass is 231 g/mol. The molecule has 0 bridgehead atoms. The SMILES string of the molecule is CN(C)CCCN(C)CCC(C)(N)C(=O)O. The number of nitrogens with zero attached hydrogens (tertiary/aromatic N) is 2. The lowest BCUT2D eigenvalue weighted by atomic mass is 9.99. The zero-order valence-corrected chi connectivity index (χ0v) is 10.9. The topological polar surface area (TPSA) is 69.8 Å². The molecule has 1 atom stereocenters. The van der Waals surface area contributed by atoms with Crippen LogP contribution in [-0.4, -0.2) is 67.2 Å². The minimum absolute atomic E-state index is 0.473. The molecule has 0 aromatic carbocycles. The molecule has 5 heteroatoms. The van der Waals surface area contributed by atoms with Crippen molar-refractivity contribution in [2.75, 3.05) is 40.8 Å². The molecule has 0 spiro atoms. The Hall–Kier alpha value is -0.650. The number of rotatable bonds is 8. The molecule has 0 aliphatic carbocycles. The molecule has 1 unspecified atom stereocenters. The van der Waals surface area contributed by atoms with Crippen LogP contribution in [0.5, 0.6) is 0 Å². The van der Waals surface area contributed by atoms with Gasteiger partial charge in [-0.2, -0.15) is 0 Å². The predicted molar refractivity (Wildman–Crippen MR) is 65.5 cm³/mol. The van der Waals surface area contributed by atoms with Crippen molar-refractivity contribution in [1.82, 2.24) is 9.80 Å². The number of nitrogens with two attached hydrogens (primary N) is 1. The van der Waals surface area contributed by atoms with E-state index in [4.69, 9.17) is 10.8 Å². The normalized spacial score (nSPS) is 15.4. The Morgan fingerprint density at radius 2 is 1.81 bits per heavy atom. The number of carbonyl (C=O) groups is 1. The summed E-state index contributed by atoms with van der Waals surface area (Å²) in [5.74, 6) is -0.936. The molecule has 0 saturated heterocycles. The highest BCUT2D eigenvalue weighted by Crippen LogP contribution is 2.06. The van der Waals surface area contributed by atoms with Gasteiger partial charge in [0.15, 0.2) is 0 Å². The van der Waals surface area contributed by atoms with E-state index in [-0.39, 0.29) is 0 Å². The molecule has 0 heterocycles. The first-order valence-electron chi connectivity index (χ1n) is 5.61. The molecule has 0 aromatic heterocycles. The van der Waals surface area contributed by atoms with Crippen LogP contribution in [-0.2, 0) is 4.79 Å². The third-order valence-electron chi connectivity index (χ3n) is 2.65. The van der Waals surface area contributed by atoms with Crippen LogP contribution in [0.1, 0.15) is 19.8 Å². The lowest BCUT2D eigenvalue weighted by molar-refractivity contribution is -0.143. The smallest absolute Gasteiger partial charge is 0.323 e. The second-order valence-electron chi connectivity index (χ2n) is 4.93. The van der Waals surface area contributed by atoms with Gasteiger partial charge in [-0.25, -0.2) is 0 Å². The summed E-state index contributed by atoms with van der Waals surface area (Å²) in [4.78, 5) is 15.0. The molecule has 5 nitrogen and oxygen atoms in total. The van der Waals surface area contributed by atoms with Crippen LogP contribution in [0.15, 0.2) is 0 Å². The number of aliphatic carboxylic acids is 1. The van der Waals surface area contributed by atoms with Gasteiger partial charge in [-0.15, -0.1) is 0 Å². The van der Waals surface area contributed by atoms with Crippen molar-refractivity contribution in [3.05, 3.63) is 0 Å². The zero-order valence-electron chi connectivity index (χ0n) is 10.9. The average Bonchev–Trinajstić information content (AvgIpc) is 2.14. The van der Waals surface area contributed by atoms with Crippen LogP contribution in [0.3, 0.4) is 0 Å². The molecule has 16 heavy (non-hydrogen) atoms. The van der Waals surface area contributed by atoms with E-state index in [1.54, 1.807) is 6.92 Å². The van der Waals surface area contributed by atoms with E-state index in [0.717, 1.165) is 19.5 Å². The molecule has 96 valence electrons. The molecule has 0 amide bonds. The minimum Gasteiger partial charge on any atom is -0.480 e. The Kier molecular flexibility index (Phi) is 6.55. The van der Waals surface area contributed by atoms with E-state index >= 15 is 0 Å². The van der Waals surface area contributed by atoms with Gasteiger partial charge in [0.1, 0.15) is 5.54 Å². The van der Waals surface area contributed by atoms with Gasteiger partial charge in [-0.05, 0) is 54.0 Å². The van der Waals surface area contributed by atoms with Crippen LogP contribution >= 0.6 is 0 Å². The Morgan fingerprint density at radius 3 is 2.25 bits per heavy atom. The summed E-state index contributed by atoms with van der Waals surface area (Å²) >= 11 is 0. The van der Waals surface area contributed by atoms with Crippen LogP contribution in [0.25, 0.3) is 0 Å². The first-order valence-corrected chi connectivity index (χ1v) is 5.61. The van der Waals surface area contributed by atoms with E-state index < -0.39 is 11.5 Å². The summed E-state index contributed by atoms with van der Waals surface area (Å²) in [6.07, 6.45) is 1.55. The molecule has 0 saturated carbocycles. The Morgan fingerprint density at radius 1 is 1.25 bits per heavy atom. The minimum atomic E-state index is -1.12. The Labute approximate surface area is 98.2 Å². The third-order valence-corrected chi connectivity index (χ3v) is 2.65. The van der Waals surface area contributed by atoms with Crippen molar-refractivity contribution in [3.8, 4) is 0 Å². The maximum atomic E-state index is 10.8. The van der Waals surface area contributed by atoms with Gasteiger partial charge in [0, 0.05) is 6.54 Å². The van der Waals surface area contributed by atoms with E-state index in [1.165, 1.54) is 0 Å². The van der Waals surface area contributed by atoms with E-state index in [2.05, 4.69) is 9.80 Å². The van der Waals surface area contributed by atoms with Gasteiger partial charge < -0.3 is 20.6 Å². The number of hydrogen-bond donors (Lipinski definition) is 2. The van der Waals surface area contributed by atoms with Crippen molar-refractivity contribution in [2.45, 2.75) is 25.3 Å². The molecular weight excluding hydrogens is 206 g/mol. The fourth-order valence-electron chi connectivity index (χ4n) is 1.30. The second kappa shape index (κ2) is 6.83. The molecule has 3 N–H and O–H groups in total. The lowest BCUT2D eigenvalue weighted by Crippen LogP contribution is -2.47. The van der Waals surface area contributed by atoms with Gasteiger partial charge in [0.25, 0.3) is 0 Å². The summed E-state index contributed by atoms with van der Waals surface area (Å²) < 4.78 is 0. The lowest BCUT2D eigenvalue weighted by Gasteiger charge is -2.24. The highest BCUT2D eigenvalue weighted by atomic mass is 16.4. The van der Waals surface area contributed by atoms with Gasteiger partial charge >= 0.3 is 5.97 Å². The summed E-state index contributed by atoms with van der Waals surface area (Å²) in [5, 5.41) is 8.85. The number of hydrogen-bond acceptors (Lipinski definition) is 4. The number of carboxylic acids is 1. The summed E-state index contributed by atoms with van der Waals surface area (Å²) in [7, 11) is 6.08. The first kappa shape index (κ1) is 15.3. The van der Waals surface area contributed by atoms with Gasteiger partial charge in [0.2, 0.25) is 0 Å². The van der Waals surface area contributed by atoms with Crippen molar-refractivity contribution in [1.29, 1.82) is 0 Å². The highest BCUT2D eigenvalue weighted by Gasteiger charge is 2.27. The van der Waals surface area contributed by atoms with Crippen molar-refractivity contribution < 1.29 is 9.90 Å². The van der Waals surface area contributed by atoms with E-state index in [9.17, 15) is 4.79 Å². The Balaban J connectivity index is 3.73. The standard InChI is InChI=1S/C11H25N3O2/c1-11(12,10(15)16)6-9-14(4)8-5-7-13(2)3/h5-9,12H2,1-4H3,(H,15,16). The van der Waals surface area contributed by atoms with Crippen LogP contribution in [0.2, 0.25) is 0 Å². The highest BCUT2D eigenvalue weighted by molar-refractivity contribution is 5.77. The van der Waals surface area contributed by atoms with Gasteiger partial charge in [-0.3, -0.25) is 4.79 Å². The Bertz CT molecular complexity index is 217. The first-order chi connectivity index (χ1) is 7.25. The predicted octanol–water partition coefficient (Wildman–Crippen LogP) is 0.0620. The molecule has 0 aliphatic heterocycles. The summed E-state index contributed by atoms with van der Waals surface area (Å²) in [6.45, 7) is 4.28. The molecule has 0 radical (unpaired) electrons. The molecule has 0 aliphatic rings. The van der Waals surface area contributed by atoms with E-state index in [1.807, 2.05) is 21.1 Å². The fraction of sp³-hybridized carbons (Fsp3) is 0.909. The molecule has 0 aromatic rings. The maximum absolute atomic E-state index is 10.8. The number of carboxylic acid groups (broad SMARTS) is 1. The van der Waals surface area contributed by atoms with Crippen molar-refractivity contribution in [3.63, 3.8) is 0 Å². The van der Waals surface area contributed by atoms with Crippen molar-refractivity contribution in [2.24, 2.45) is 5.73 Å². The van der Waals surface area contributed by atoms with E-state index in [0.29, 0.717) is 13.0 Å².